The van der Waals surface area contributed by atoms with Crippen LogP contribution in [0.3, 0.4) is 0 Å². The highest BCUT2D eigenvalue weighted by molar-refractivity contribution is 7.14. The highest BCUT2D eigenvalue weighted by atomic mass is 32.1. The lowest BCUT2D eigenvalue weighted by Gasteiger charge is -2.15. The number of hydrogen-bond donors (Lipinski definition) is 1. The van der Waals surface area contributed by atoms with Gasteiger partial charge in [-0.05, 0) is 43.7 Å². The summed E-state index contributed by atoms with van der Waals surface area (Å²) >= 11 is 1.43. The first kappa shape index (κ1) is 18.1. The molecule has 1 amide bonds. The summed E-state index contributed by atoms with van der Waals surface area (Å²) in [6.07, 6.45) is 0.272. The van der Waals surface area contributed by atoms with Crippen LogP contribution in [0.5, 0.6) is 5.75 Å². The lowest BCUT2D eigenvalue weighted by Crippen LogP contribution is -2.27. The monoisotopic (exact) mass is 349 g/mol. The second-order valence-corrected chi connectivity index (χ2v) is 6.80. The molecule has 0 aliphatic carbocycles. The summed E-state index contributed by atoms with van der Waals surface area (Å²) in [5.41, 5.74) is 0.641. The SMILES string of the molecule is COc1ccc([C@H](C)NC(=O)CCC(=O)c2ccc(C)s2)cc1F. The van der Waals surface area contributed by atoms with Gasteiger partial charge in [0.15, 0.2) is 17.3 Å². The van der Waals surface area contributed by atoms with Gasteiger partial charge in [-0.2, -0.15) is 0 Å². The summed E-state index contributed by atoms with van der Waals surface area (Å²) in [6, 6.07) is 7.88. The summed E-state index contributed by atoms with van der Waals surface area (Å²) in [7, 11) is 1.40. The van der Waals surface area contributed by atoms with Crippen molar-refractivity contribution in [2.75, 3.05) is 7.11 Å². The molecular weight excluding hydrogens is 329 g/mol. The molecule has 0 radical (unpaired) electrons. The molecular formula is C18H20FNO3S. The van der Waals surface area contributed by atoms with E-state index in [4.69, 9.17) is 4.74 Å². The van der Waals surface area contributed by atoms with Gasteiger partial charge in [-0.3, -0.25) is 9.59 Å². The van der Waals surface area contributed by atoms with Gasteiger partial charge in [0.05, 0.1) is 18.0 Å². The van der Waals surface area contributed by atoms with E-state index < -0.39 is 5.82 Å². The standard InChI is InChI=1S/C18H20FNO3S/c1-11-4-8-17(24-11)15(21)6-9-18(22)20-12(2)13-5-7-16(23-3)14(19)10-13/h4-5,7-8,10,12H,6,9H2,1-3H3,(H,20,22)/t12-/m0/s1. The van der Waals surface area contributed by atoms with Crippen LogP contribution in [0.2, 0.25) is 0 Å². The molecule has 4 nitrogen and oxygen atoms in total. The molecule has 24 heavy (non-hydrogen) atoms. The minimum absolute atomic E-state index is 0.0357. The van der Waals surface area contributed by atoms with Crippen molar-refractivity contribution in [3.8, 4) is 5.75 Å². The Morgan fingerprint density at radius 1 is 1.25 bits per heavy atom. The number of ketones is 1. The number of Topliss-reactive ketones (excluding diaryl/α,β-unsaturated/α-hetero) is 1. The van der Waals surface area contributed by atoms with Crippen LogP contribution in [0.25, 0.3) is 0 Å². The fourth-order valence-corrected chi connectivity index (χ4v) is 3.12. The van der Waals surface area contributed by atoms with Crippen LogP contribution in [0.1, 0.15) is 45.9 Å². The lowest BCUT2D eigenvalue weighted by atomic mass is 10.1. The number of carbonyl (C=O) groups is 2. The van der Waals surface area contributed by atoms with Gasteiger partial charge in [0, 0.05) is 17.7 Å². The van der Waals surface area contributed by atoms with E-state index in [1.807, 2.05) is 13.0 Å². The first-order valence-corrected chi connectivity index (χ1v) is 8.44. The van der Waals surface area contributed by atoms with E-state index in [9.17, 15) is 14.0 Å². The molecule has 0 saturated carbocycles. The van der Waals surface area contributed by atoms with E-state index in [0.717, 1.165) is 4.88 Å². The molecule has 1 aromatic carbocycles. The Hall–Kier alpha value is -2.21. The van der Waals surface area contributed by atoms with Gasteiger partial charge in [0.2, 0.25) is 5.91 Å². The van der Waals surface area contributed by atoms with Gasteiger partial charge in [0.1, 0.15) is 0 Å². The summed E-state index contributed by atoms with van der Waals surface area (Å²) in [5, 5.41) is 2.78. The second kappa shape index (κ2) is 8.06. The topological polar surface area (TPSA) is 55.4 Å². The number of rotatable bonds is 7. The fraction of sp³-hybridized carbons (Fsp3) is 0.333. The van der Waals surface area contributed by atoms with Crippen molar-refractivity contribution in [1.29, 1.82) is 0 Å². The molecule has 1 heterocycles. The number of benzene rings is 1. The molecule has 0 saturated heterocycles. The number of nitrogens with one attached hydrogen (secondary N) is 1. The molecule has 0 bridgehead atoms. The maximum absolute atomic E-state index is 13.7. The van der Waals surface area contributed by atoms with Crippen LogP contribution in [0.4, 0.5) is 4.39 Å². The molecule has 0 fully saturated rings. The Bertz CT molecular complexity index is 742. The largest absolute Gasteiger partial charge is 0.494 e. The van der Waals surface area contributed by atoms with E-state index >= 15 is 0 Å². The van der Waals surface area contributed by atoms with Crippen LogP contribution in [0.15, 0.2) is 30.3 Å². The predicted octanol–water partition coefficient (Wildman–Crippen LogP) is 4.04. The average molecular weight is 349 g/mol. The average Bonchev–Trinajstić information content (AvgIpc) is 2.99. The molecule has 0 unspecified atom stereocenters. The summed E-state index contributed by atoms with van der Waals surface area (Å²) in [6.45, 7) is 3.70. The van der Waals surface area contributed by atoms with E-state index in [1.54, 1.807) is 19.1 Å². The first-order chi connectivity index (χ1) is 11.4. The van der Waals surface area contributed by atoms with Crippen molar-refractivity contribution < 1.29 is 18.7 Å². The number of aryl methyl sites for hydroxylation is 1. The van der Waals surface area contributed by atoms with Crippen LogP contribution in [-0.2, 0) is 4.79 Å². The number of halogens is 1. The van der Waals surface area contributed by atoms with Gasteiger partial charge < -0.3 is 10.1 Å². The molecule has 1 aromatic heterocycles. The van der Waals surface area contributed by atoms with E-state index in [0.29, 0.717) is 10.4 Å². The Morgan fingerprint density at radius 2 is 2.00 bits per heavy atom. The molecule has 6 heteroatoms. The first-order valence-electron chi connectivity index (χ1n) is 7.63. The van der Waals surface area contributed by atoms with Crippen LogP contribution in [0, 0.1) is 12.7 Å². The number of ether oxygens (including phenoxy) is 1. The van der Waals surface area contributed by atoms with E-state index in [-0.39, 0.29) is 36.3 Å². The fourth-order valence-electron chi connectivity index (χ4n) is 2.28. The quantitative estimate of drug-likeness (QED) is 0.768. The molecule has 1 atom stereocenters. The van der Waals surface area contributed by atoms with Gasteiger partial charge in [0.25, 0.3) is 0 Å². The zero-order chi connectivity index (χ0) is 17.7. The van der Waals surface area contributed by atoms with E-state index in [1.165, 1.54) is 30.6 Å². The maximum Gasteiger partial charge on any atom is 0.220 e. The van der Waals surface area contributed by atoms with Crippen molar-refractivity contribution in [3.05, 3.63) is 51.5 Å². The second-order valence-electron chi connectivity index (χ2n) is 5.52. The number of amides is 1. The number of methoxy groups -OCH3 is 1. The number of hydrogen-bond acceptors (Lipinski definition) is 4. The Morgan fingerprint density at radius 3 is 2.58 bits per heavy atom. The number of thiophene rings is 1. The summed E-state index contributed by atoms with van der Waals surface area (Å²) in [4.78, 5) is 25.7. The normalized spacial score (nSPS) is 11.8. The minimum atomic E-state index is -0.473. The zero-order valence-corrected chi connectivity index (χ0v) is 14.7. The Balaban J connectivity index is 1.87. The van der Waals surface area contributed by atoms with Crippen LogP contribution >= 0.6 is 11.3 Å². The zero-order valence-electron chi connectivity index (χ0n) is 13.9. The third-order valence-electron chi connectivity index (χ3n) is 3.65. The Kier molecular flexibility index (Phi) is 6.09. The lowest BCUT2D eigenvalue weighted by molar-refractivity contribution is -0.121. The van der Waals surface area contributed by atoms with Gasteiger partial charge in [-0.25, -0.2) is 4.39 Å². The number of carbonyl (C=O) groups excluding carboxylic acids is 2. The Labute approximate surface area is 144 Å². The smallest absolute Gasteiger partial charge is 0.220 e. The van der Waals surface area contributed by atoms with Crippen LogP contribution < -0.4 is 10.1 Å². The molecule has 2 rings (SSSR count). The van der Waals surface area contributed by atoms with Gasteiger partial charge >= 0.3 is 0 Å². The van der Waals surface area contributed by atoms with Crippen molar-refractivity contribution in [3.63, 3.8) is 0 Å². The van der Waals surface area contributed by atoms with E-state index in [2.05, 4.69) is 5.32 Å². The highest BCUT2D eigenvalue weighted by Crippen LogP contribution is 2.22. The summed E-state index contributed by atoms with van der Waals surface area (Å²) in [5.74, 6) is -0.583. The maximum atomic E-state index is 13.7. The molecule has 0 spiro atoms. The van der Waals surface area contributed by atoms with Crippen LogP contribution in [-0.4, -0.2) is 18.8 Å². The third kappa shape index (κ3) is 4.64. The van der Waals surface area contributed by atoms with Crippen molar-refractivity contribution >= 4 is 23.0 Å². The molecule has 2 aromatic rings. The molecule has 0 aliphatic heterocycles. The van der Waals surface area contributed by atoms with Gasteiger partial charge in [-0.15, -0.1) is 11.3 Å². The molecule has 1 N–H and O–H groups in total. The predicted molar refractivity (Wildman–Crippen MR) is 92.1 cm³/mol. The van der Waals surface area contributed by atoms with Crippen molar-refractivity contribution in [2.45, 2.75) is 32.7 Å². The molecule has 0 aliphatic rings. The van der Waals surface area contributed by atoms with Crippen molar-refractivity contribution in [1.82, 2.24) is 5.32 Å². The third-order valence-corrected chi connectivity index (χ3v) is 4.69. The van der Waals surface area contributed by atoms with Crippen molar-refractivity contribution in [2.24, 2.45) is 0 Å². The summed E-state index contributed by atoms with van der Waals surface area (Å²) < 4.78 is 18.6. The van der Waals surface area contributed by atoms with Gasteiger partial charge in [-0.1, -0.05) is 6.07 Å². The molecule has 128 valence electrons. The minimum Gasteiger partial charge on any atom is -0.494 e. The highest BCUT2D eigenvalue weighted by Gasteiger charge is 2.15.